The quantitative estimate of drug-likeness (QED) is 0.564. The van der Waals surface area contributed by atoms with E-state index in [1.165, 1.54) is 22.3 Å². The minimum atomic E-state index is 0.635. The Kier molecular flexibility index (Phi) is 1.99. The first-order chi connectivity index (χ1) is 6.20. The van der Waals surface area contributed by atoms with Crippen LogP contribution in [0.25, 0.3) is 0 Å². The second kappa shape index (κ2) is 3.02. The van der Waals surface area contributed by atoms with Crippen molar-refractivity contribution >= 4 is 0 Å². The van der Waals surface area contributed by atoms with Gasteiger partial charge >= 0.3 is 0 Å². The summed E-state index contributed by atoms with van der Waals surface area (Å²) in [7, 11) is 0. The second-order valence-electron chi connectivity index (χ2n) is 4.01. The zero-order valence-electron chi connectivity index (χ0n) is 8.59. The average molecular weight is 172 g/mol. The normalized spacial score (nSPS) is 26.8. The molecule has 2 rings (SSSR count). The second-order valence-corrected chi connectivity index (χ2v) is 4.01. The highest BCUT2D eigenvalue weighted by Gasteiger charge is 2.17. The van der Waals surface area contributed by atoms with E-state index in [-0.39, 0.29) is 0 Å². The summed E-state index contributed by atoms with van der Waals surface area (Å²) in [5, 5.41) is 0. The van der Waals surface area contributed by atoms with Gasteiger partial charge in [0.25, 0.3) is 0 Å². The summed E-state index contributed by atoms with van der Waals surface area (Å²) in [6.45, 7) is 6.71. The van der Waals surface area contributed by atoms with Crippen molar-refractivity contribution in [3.05, 3.63) is 46.6 Å². The fraction of sp³-hybridized carbons (Fsp3) is 0.385. The Morgan fingerprint density at radius 1 is 1.23 bits per heavy atom. The van der Waals surface area contributed by atoms with Crippen molar-refractivity contribution in [3.63, 3.8) is 0 Å². The highest BCUT2D eigenvalue weighted by Crippen LogP contribution is 2.34. The molecule has 0 bridgehead atoms. The molecule has 68 valence electrons. The van der Waals surface area contributed by atoms with E-state index < -0.39 is 0 Å². The van der Waals surface area contributed by atoms with Crippen molar-refractivity contribution in [2.45, 2.75) is 27.2 Å². The molecule has 0 saturated heterocycles. The van der Waals surface area contributed by atoms with Crippen molar-refractivity contribution < 1.29 is 0 Å². The van der Waals surface area contributed by atoms with Crippen molar-refractivity contribution in [2.24, 2.45) is 5.92 Å². The lowest BCUT2D eigenvalue weighted by molar-refractivity contribution is 0.875. The molecular formula is C13H16. The van der Waals surface area contributed by atoms with Gasteiger partial charge in [0.1, 0.15) is 0 Å². The average Bonchev–Trinajstić information content (AvgIpc) is 2.62. The Morgan fingerprint density at radius 2 is 2.00 bits per heavy atom. The van der Waals surface area contributed by atoms with E-state index >= 15 is 0 Å². The Balaban J connectivity index is 2.39. The molecule has 0 amide bonds. The first-order valence-corrected chi connectivity index (χ1v) is 4.96. The third kappa shape index (κ3) is 1.31. The van der Waals surface area contributed by atoms with Crippen molar-refractivity contribution in [1.29, 1.82) is 0 Å². The van der Waals surface area contributed by atoms with Crippen LogP contribution in [0, 0.1) is 5.92 Å². The van der Waals surface area contributed by atoms with E-state index in [1.807, 2.05) is 0 Å². The first kappa shape index (κ1) is 8.55. The molecule has 13 heavy (non-hydrogen) atoms. The molecule has 0 aromatic carbocycles. The number of hydrogen-bond donors (Lipinski definition) is 0. The highest BCUT2D eigenvalue weighted by molar-refractivity contribution is 5.55. The zero-order valence-corrected chi connectivity index (χ0v) is 8.59. The summed E-state index contributed by atoms with van der Waals surface area (Å²) in [4.78, 5) is 0. The smallest absolute Gasteiger partial charge is 0.00420 e. The van der Waals surface area contributed by atoms with Gasteiger partial charge in [0.05, 0.1) is 0 Å². The molecule has 1 atom stereocenters. The summed E-state index contributed by atoms with van der Waals surface area (Å²) in [6.07, 6.45) is 10.2. The summed E-state index contributed by atoms with van der Waals surface area (Å²) in [5.41, 5.74) is 5.97. The predicted octanol–water partition coefficient (Wildman–Crippen LogP) is 3.79. The maximum atomic E-state index is 2.29. The van der Waals surface area contributed by atoms with Crippen LogP contribution in [0.1, 0.15) is 27.2 Å². The maximum Gasteiger partial charge on any atom is -0.00420 e. The van der Waals surface area contributed by atoms with E-state index in [4.69, 9.17) is 0 Å². The third-order valence-electron chi connectivity index (χ3n) is 3.15. The van der Waals surface area contributed by atoms with E-state index in [0.29, 0.717) is 5.92 Å². The van der Waals surface area contributed by atoms with Gasteiger partial charge in [0.15, 0.2) is 0 Å². The van der Waals surface area contributed by atoms with Gasteiger partial charge in [-0.1, -0.05) is 36.8 Å². The van der Waals surface area contributed by atoms with Gasteiger partial charge < -0.3 is 0 Å². The fourth-order valence-electron chi connectivity index (χ4n) is 2.04. The molecule has 0 saturated carbocycles. The van der Waals surface area contributed by atoms with Crippen LogP contribution < -0.4 is 0 Å². The molecule has 0 aliphatic heterocycles. The molecule has 0 aromatic heterocycles. The minimum Gasteiger partial charge on any atom is -0.0798 e. The maximum absolute atomic E-state index is 2.29. The molecule has 0 spiro atoms. The molecule has 1 unspecified atom stereocenters. The number of allylic oxidation sites excluding steroid dienone is 8. The van der Waals surface area contributed by atoms with Crippen LogP contribution in [-0.2, 0) is 0 Å². The largest absolute Gasteiger partial charge is 0.0798 e. The Hall–Kier alpha value is -1.04. The predicted molar refractivity (Wildman–Crippen MR) is 57.5 cm³/mol. The number of rotatable bonds is 1. The SMILES string of the molecule is CC1=C(C2=C(C)C(C)C=C2)CC=C1. The lowest BCUT2D eigenvalue weighted by Crippen LogP contribution is -1.91. The van der Waals surface area contributed by atoms with Gasteiger partial charge in [-0.05, 0) is 42.9 Å². The Labute approximate surface area is 80.3 Å². The third-order valence-corrected chi connectivity index (χ3v) is 3.15. The van der Waals surface area contributed by atoms with Crippen LogP contribution in [0.3, 0.4) is 0 Å². The zero-order chi connectivity index (χ0) is 9.42. The standard InChI is InChI=1S/C13H16/c1-9-7-8-13(11(9)3)12-6-4-5-10(12)2/h4-5,7-9H,6H2,1-3H3. The highest BCUT2D eigenvalue weighted by atomic mass is 14.2. The van der Waals surface area contributed by atoms with E-state index in [2.05, 4.69) is 45.1 Å². The lowest BCUT2D eigenvalue weighted by Gasteiger charge is -2.08. The molecular weight excluding hydrogens is 156 g/mol. The van der Waals surface area contributed by atoms with Crippen molar-refractivity contribution in [2.75, 3.05) is 0 Å². The van der Waals surface area contributed by atoms with Gasteiger partial charge in [0, 0.05) is 0 Å². The summed E-state index contributed by atoms with van der Waals surface area (Å²) < 4.78 is 0. The van der Waals surface area contributed by atoms with Gasteiger partial charge in [-0.15, -0.1) is 0 Å². The van der Waals surface area contributed by atoms with Crippen molar-refractivity contribution in [3.8, 4) is 0 Å². The molecule has 2 aliphatic rings. The summed E-state index contributed by atoms with van der Waals surface area (Å²) >= 11 is 0. The molecule has 2 aliphatic carbocycles. The molecule has 0 nitrogen and oxygen atoms in total. The molecule has 0 heteroatoms. The molecule has 0 N–H and O–H groups in total. The topological polar surface area (TPSA) is 0 Å². The van der Waals surface area contributed by atoms with Gasteiger partial charge in [-0.2, -0.15) is 0 Å². The van der Waals surface area contributed by atoms with Crippen LogP contribution in [-0.4, -0.2) is 0 Å². The Morgan fingerprint density at radius 3 is 2.46 bits per heavy atom. The molecule has 0 fully saturated rings. The first-order valence-electron chi connectivity index (χ1n) is 4.96. The molecule has 0 radical (unpaired) electrons. The van der Waals surface area contributed by atoms with Crippen LogP contribution in [0.5, 0.6) is 0 Å². The fourth-order valence-corrected chi connectivity index (χ4v) is 2.04. The molecule has 0 aromatic rings. The summed E-state index contributed by atoms with van der Waals surface area (Å²) in [5.74, 6) is 0.635. The molecule has 0 heterocycles. The van der Waals surface area contributed by atoms with E-state index in [1.54, 1.807) is 0 Å². The van der Waals surface area contributed by atoms with E-state index in [0.717, 1.165) is 6.42 Å². The van der Waals surface area contributed by atoms with Gasteiger partial charge in [-0.25, -0.2) is 0 Å². The minimum absolute atomic E-state index is 0.635. The monoisotopic (exact) mass is 172 g/mol. The van der Waals surface area contributed by atoms with Crippen LogP contribution in [0.15, 0.2) is 46.6 Å². The van der Waals surface area contributed by atoms with Crippen molar-refractivity contribution in [1.82, 2.24) is 0 Å². The number of hydrogen-bond acceptors (Lipinski definition) is 0. The van der Waals surface area contributed by atoms with E-state index in [9.17, 15) is 0 Å². The summed E-state index contributed by atoms with van der Waals surface area (Å²) in [6, 6.07) is 0. The lowest BCUT2D eigenvalue weighted by atomic mass is 9.97. The van der Waals surface area contributed by atoms with Crippen LogP contribution in [0.4, 0.5) is 0 Å². The van der Waals surface area contributed by atoms with Crippen LogP contribution >= 0.6 is 0 Å². The van der Waals surface area contributed by atoms with Gasteiger partial charge in [0.2, 0.25) is 0 Å². The Bertz CT molecular complexity index is 348. The van der Waals surface area contributed by atoms with Crippen LogP contribution in [0.2, 0.25) is 0 Å². The van der Waals surface area contributed by atoms with Gasteiger partial charge in [-0.3, -0.25) is 0 Å².